The molecule has 1 aliphatic rings. The minimum absolute atomic E-state index is 0.131. The quantitative estimate of drug-likeness (QED) is 0.169. The number of amides is 1. The number of imidazole rings is 1. The number of carbonyl (C=O) groups excluding carboxylic acids is 3. The van der Waals surface area contributed by atoms with Crippen molar-refractivity contribution in [2.45, 2.75) is 26.8 Å². The van der Waals surface area contributed by atoms with E-state index in [0.717, 1.165) is 11.3 Å². The summed E-state index contributed by atoms with van der Waals surface area (Å²) in [6.45, 7) is 4.80. The van der Waals surface area contributed by atoms with E-state index in [2.05, 4.69) is 9.97 Å². The number of pyridine rings is 1. The van der Waals surface area contributed by atoms with Gasteiger partial charge in [0, 0.05) is 13.1 Å². The number of hydrogen-bond donors (Lipinski definition) is 1. The third-order valence-corrected chi connectivity index (χ3v) is 7.66. The van der Waals surface area contributed by atoms with Gasteiger partial charge >= 0.3 is 5.91 Å². The lowest BCUT2D eigenvalue weighted by atomic mass is 9.96. The lowest BCUT2D eigenvalue weighted by molar-refractivity contribution is -0.132. The molecule has 194 valence electrons. The van der Waals surface area contributed by atoms with Gasteiger partial charge in [0.15, 0.2) is 28.2 Å². The summed E-state index contributed by atoms with van der Waals surface area (Å²) < 4.78 is 12.5. The molecule has 4 heterocycles. The van der Waals surface area contributed by atoms with Gasteiger partial charge in [-0.05, 0) is 43.7 Å². The van der Waals surface area contributed by atoms with Crippen LogP contribution in [-0.2, 0) is 9.59 Å². The van der Waals surface area contributed by atoms with Crippen LogP contribution in [0.4, 0.5) is 5.13 Å². The molecule has 1 unspecified atom stereocenters. The number of aryl methyl sites for hydroxylation is 2. The molecule has 0 saturated carbocycles. The highest BCUT2D eigenvalue weighted by atomic mass is 32.1. The lowest BCUT2D eigenvalue weighted by Gasteiger charge is -2.23. The van der Waals surface area contributed by atoms with Gasteiger partial charge in [0.05, 0.1) is 42.1 Å². The highest BCUT2D eigenvalue weighted by molar-refractivity contribution is 7.18. The Balaban J connectivity index is 1.80. The second kappa shape index (κ2) is 9.42. The number of Topliss-reactive ketones (excluding diaryl/α,β-unsaturated/α-hetero) is 2. The molecule has 5 rings (SSSR count). The first-order chi connectivity index (χ1) is 18.2. The normalized spacial score (nSPS) is 16.9. The average molecular weight is 533 g/mol. The van der Waals surface area contributed by atoms with Crippen molar-refractivity contribution in [2.24, 2.45) is 0 Å². The van der Waals surface area contributed by atoms with Gasteiger partial charge in [0.1, 0.15) is 11.3 Å². The van der Waals surface area contributed by atoms with Gasteiger partial charge in [0.25, 0.3) is 5.78 Å². The van der Waals surface area contributed by atoms with Gasteiger partial charge in [-0.15, -0.1) is 0 Å². The number of benzene rings is 1. The molecule has 3 aromatic heterocycles. The summed E-state index contributed by atoms with van der Waals surface area (Å²) in [4.78, 5) is 49.8. The maximum Gasteiger partial charge on any atom is 0.301 e. The summed E-state index contributed by atoms with van der Waals surface area (Å²) in [7, 11) is 2.97. The molecule has 38 heavy (non-hydrogen) atoms. The molecule has 11 heteroatoms. The first kappa shape index (κ1) is 25.2. The summed E-state index contributed by atoms with van der Waals surface area (Å²) in [5.41, 5.74) is 2.15. The molecule has 0 spiro atoms. The highest BCUT2D eigenvalue weighted by Gasteiger charge is 2.49. The third-order valence-electron chi connectivity index (χ3n) is 6.41. The van der Waals surface area contributed by atoms with E-state index < -0.39 is 17.7 Å². The van der Waals surface area contributed by atoms with Crippen molar-refractivity contribution < 1.29 is 29.0 Å². The third kappa shape index (κ3) is 3.82. The second-order valence-corrected chi connectivity index (χ2v) is 9.70. The average Bonchev–Trinajstić information content (AvgIpc) is 3.53. The summed E-state index contributed by atoms with van der Waals surface area (Å²) >= 11 is 1.02. The molecule has 1 aliphatic heterocycles. The zero-order chi connectivity index (χ0) is 27.3. The Bertz CT molecular complexity index is 1670. The van der Waals surface area contributed by atoms with Gasteiger partial charge in [-0.1, -0.05) is 23.5 Å². The van der Waals surface area contributed by atoms with Crippen LogP contribution in [0.15, 0.2) is 48.2 Å². The summed E-state index contributed by atoms with van der Waals surface area (Å²) in [6.07, 6.45) is 1.72. The highest BCUT2D eigenvalue weighted by Crippen LogP contribution is 2.45. The fourth-order valence-electron chi connectivity index (χ4n) is 4.71. The number of thiazole rings is 1. The smallest absolute Gasteiger partial charge is 0.301 e. The number of hydrogen-bond acceptors (Lipinski definition) is 9. The van der Waals surface area contributed by atoms with E-state index in [0.29, 0.717) is 44.7 Å². The van der Waals surface area contributed by atoms with E-state index in [1.165, 1.54) is 26.0 Å². The maximum atomic E-state index is 13.6. The van der Waals surface area contributed by atoms with Crippen LogP contribution in [0.25, 0.3) is 11.4 Å². The molecule has 1 fully saturated rings. The van der Waals surface area contributed by atoms with Crippen LogP contribution in [0.5, 0.6) is 11.5 Å². The zero-order valence-electron chi connectivity index (χ0n) is 21.3. The second-order valence-electron chi connectivity index (χ2n) is 8.73. The van der Waals surface area contributed by atoms with Crippen LogP contribution in [0.2, 0.25) is 0 Å². The minimum Gasteiger partial charge on any atom is -0.505 e. The van der Waals surface area contributed by atoms with Crippen LogP contribution in [0.1, 0.15) is 45.3 Å². The van der Waals surface area contributed by atoms with Gasteiger partial charge in [0.2, 0.25) is 0 Å². The number of rotatable bonds is 6. The summed E-state index contributed by atoms with van der Waals surface area (Å²) in [5.74, 6) is -1.50. The molecule has 4 aromatic rings. The number of carbonyl (C=O) groups is 3. The van der Waals surface area contributed by atoms with Crippen molar-refractivity contribution in [3.05, 3.63) is 75.7 Å². The molecule has 1 aromatic carbocycles. The number of fused-ring (bicyclic) bond motifs is 1. The van der Waals surface area contributed by atoms with Crippen molar-refractivity contribution in [1.82, 2.24) is 14.4 Å². The first-order valence-corrected chi connectivity index (χ1v) is 12.4. The Morgan fingerprint density at radius 3 is 2.42 bits per heavy atom. The van der Waals surface area contributed by atoms with Gasteiger partial charge in [-0.2, -0.15) is 0 Å². The molecule has 1 saturated heterocycles. The van der Waals surface area contributed by atoms with Crippen LogP contribution in [0.3, 0.4) is 0 Å². The predicted octanol–water partition coefficient (Wildman–Crippen LogP) is 4.25. The van der Waals surface area contributed by atoms with Gasteiger partial charge in [-0.25, -0.2) is 9.97 Å². The summed E-state index contributed by atoms with van der Waals surface area (Å²) in [6, 6.07) is 9.28. The molecule has 1 amide bonds. The monoisotopic (exact) mass is 532 g/mol. The molecular weight excluding hydrogens is 508 g/mol. The van der Waals surface area contributed by atoms with Crippen molar-refractivity contribution in [1.29, 1.82) is 0 Å². The number of aliphatic hydroxyl groups is 1. The Morgan fingerprint density at radius 2 is 1.76 bits per heavy atom. The molecular formula is C27H24N4O6S. The molecule has 1 atom stereocenters. The Morgan fingerprint density at radius 1 is 1.03 bits per heavy atom. The van der Waals surface area contributed by atoms with Crippen LogP contribution < -0.4 is 14.4 Å². The molecule has 0 aliphatic carbocycles. The Hall–Kier alpha value is -4.51. The zero-order valence-corrected chi connectivity index (χ0v) is 22.1. The predicted molar refractivity (Wildman–Crippen MR) is 141 cm³/mol. The minimum atomic E-state index is -1.06. The van der Waals surface area contributed by atoms with Gasteiger partial charge in [-0.3, -0.25) is 23.7 Å². The van der Waals surface area contributed by atoms with E-state index in [9.17, 15) is 19.5 Å². The number of nitrogens with zero attached hydrogens (tertiary/aromatic N) is 4. The van der Waals surface area contributed by atoms with Crippen LogP contribution in [-0.4, -0.2) is 51.2 Å². The van der Waals surface area contributed by atoms with E-state index in [-0.39, 0.29) is 22.2 Å². The Kier molecular flexibility index (Phi) is 6.23. The topological polar surface area (TPSA) is 123 Å². The van der Waals surface area contributed by atoms with Crippen molar-refractivity contribution in [3.8, 4) is 11.5 Å². The largest absolute Gasteiger partial charge is 0.505 e. The molecule has 1 N–H and O–H groups in total. The van der Waals surface area contributed by atoms with E-state index in [1.807, 2.05) is 6.07 Å². The number of ether oxygens (including phenoxy) is 2. The molecule has 0 radical (unpaired) electrons. The van der Waals surface area contributed by atoms with Crippen molar-refractivity contribution in [2.75, 3.05) is 19.1 Å². The van der Waals surface area contributed by atoms with Crippen molar-refractivity contribution >= 4 is 45.3 Å². The van der Waals surface area contributed by atoms with E-state index in [4.69, 9.17) is 9.47 Å². The molecule has 10 nitrogen and oxygen atoms in total. The number of methoxy groups -OCH3 is 2. The number of aromatic nitrogens is 3. The Labute approximate surface area is 221 Å². The fraction of sp³-hybridized carbons (Fsp3) is 0.222. The number of aliphatic hydroxyl groups excluding tert-OH is 1. The number of ketones is 2. The van der Waals surface area contributed by atoms with E-state index >= 15 is 0 Å². The van der Waals surface area contributed by atoms with E-state index in [1.54, 1.807) is 54.8 Å². The first-order valence-electron chi connectivity index (χ1n) is 11.6. The standard InChI is InChI=1S/C27H24N4O6S/c1-13-21(30-11-7-6-8-19(30)28-13)23(33)20-22(16-9-10-17(36-4)18(12-16)37-5)31(26(35)24(20)34)27-29-14(2)25(38-27)15(3)32/h6-12,22,33H,1-5H3. The molecule has 0 bridgehead atoms. The van der Waals surface area contributed by atoms with Crippen LogP contribution >= 0.6 is 11.3 Å². The maximum absolute atomic E-state index is 13.6. The van der Waals surface area contributed by atoms with Crippen molar-refractivity contribution in [3.63, 3.8) is 0 Å². The summed E-state index contributed by atoms with van der Waals surface area (Å²) in [5, 5.41) is 11.8. The lowest BCUT2D eigenvalue weighted by Crippen LogP contribution is -2.29. The van der Waals surface area contributed by atoms with Crippen LogP contribution in [0, 0.1) is 13.8 Å². The fourth-order valence-corrected chi connectivity index (χ4v) is 5.70. The number of anilines is 1. The van der Waals surface area contributed by atoms with Gasteiger partial charge < -0.3 is 14.6 Å². The SMILES string of the molecule is COc1ccc(C2C(=C(O)c3c(C)nc4ccccn34)C(=O)C(=O)N2c2nc(C)c(C(C)=O)s2)cc1OC.